The molecule has 2 aromatic carbocycles. The van der Waals surface area contributed by atoms with Gasteiger partial charge in [-0.3, -0.25) is 15.0 Å². The van der Waals surface area contributed by atoms with Crippen molar-refractivity contribution < 1.29 is 4.92 Å². The van der Waals surface area contributed by atoms with Gasteiger partial charge in [-0.1, -0.05) is 49.0 Å². The van der Waals surface area contributed by atoms with Crippen molar-refractivity contribution in [3.05, 3.63) is 70.3 Å². The molecule has 0 unspecified atom stereocenters. The van der Waals surface area contributed by atoms with Gasteiger partial charge in [-0.25, -0.2) is 0 Å². The molecule has 0 amide bonds. The van der Waals surface area contributed by atoms with Crippen LogP contribution < -0.4 is 5.32 Å². The minimum absolute atomic E-state index is 0.0805. The lowest BCUT2D eigenvalue weighted by atomic mass is 9.99. The normalized spacial score (nSPS) is 16.0. The van der Waals surface area contributed by atoms with Crippen LogP contribution in [0.1, 0.15) is 37.3 Å². The number of non-ortho nitro benzene ring substituents is 1. The SMILES string of the molecule is O=[N+]([O-])c1ccc(NC(=S)C[C@@H](c2ccccc2)N2CCCCC2)cc1. The number of benzene rings is 2. The number of nitrogens with one attached hydrogen (secondary N) is 1. The molecule has 1 heterocycles. The Morgan fingerprint density at radius 1 is 1.08 bits per heavy atom. The first-order valence-corrected chi connectivity index (χ1v) is 9.37. The van der Waals surface area contributed by atoms with Gasteiger partial charge in [-0.05, 0) is 43.6 Å². The van der Waals surface area contributed by atoms with E-state index in [1.165, 1.54) is 37.0 Å². The van der Waals surface area contributed by atoms with Gasteiger partial charge < -0.3 is 5.32 Å². The maximum Gasteiger partial charge on any atom is 0.269 e. The fourth-order valence-electron chi connectivity index (χ4n) is 3.42. The summed E-state index contributed by atoms with van der Waals surface area (Å²) in [6.45, 7) is 2.19. The first kappa shape index (κ1) is 18.5. The molecule has 3 rings (SSSR count). The molecule has 1 aliphatic rings. The molecule has 0 bridgehead atoms. The Morgan fingerprint density at radius 2 is 1.73 bits per heavy atom. The Labute approximate surface area is 159 Å². The highest BCUT2D eigenvalue weighted by Gasteiger charge is 2.23. The van der Waals surface area contributed by atoms with Gasteiger partial charge in [-0.2, -0.15) is 0 Å². The van der Waals surface area contributed by atoms with E-state index >= 15 is 0 Å². The van der Waals surface area contributed by atoms with Crippen LogP contribution in [0.4, 0.5) is 11.4 Å². The second-order valence-corrected chi connectivity index (χ2v) is 7.07. The highest BCUT2D eigenvalue weighted by molar-refractivity contribution is 7.80. The van der Waals surface area contributed by atoms with Crippen LogP contribution in [0, 0.1) is 10.1 Å². The predicted octanol–water partition coefficient (Wildman–Crippen LogP) is 4.95. The van der Waals surface area contributed by atoms with Crippen LogP contribution in [-0.4, -0.2) is 27.9 Å². The van der Waals surface area contributed by atoms with Crippen molar-refractivity contribution in [2.75, 3.05) is 18.4 Å². The number of rotatable bonds is 6. The van der Waals surface area contributed by atoms with E-state index < -0.39 is 4.92 Å². The number of likely N-dealkylation sites (tertiary alicyclic amines) is 1. The van der Waals surface area contributed by atoms with Gasteiger partial charge in [0.1, 0.15) is 0 Å². The van der Waals surface area contributed by atoms with E-state index in [2.05, 4.69) is 34.5 Å². The maximum atomic E-state index is 10.8. The monoisotopic (exact) mass is 369 g/mol. The minimum atomic E-state index is -0.399. The molecule has 0 radical (unpaired) electrons. The summed E-state index contributed by atoms with van der Waals surface area (Å²) in [5.74, 6) is 0. The number of nitro benzene ring substituents is 1. The Bertz CT molecular complexity index is 743. The number of hydrogen-bond acceptors (Lipinski definition) is 4. The smallest absolute Gasteiger partial charge is 0.269 e. The second-order valence-electron chi connectivity index (χ2n) is 6.58. The Morgan fingerprint density at radius 3 is 2.35 bits per heavy atom. The lowest BCUT2D eigenvalue weighted by Crippen LogP contribution is -2.35. The third kappa shape index (κ3) is 4.86. The van der Waals surface area contributed by atoms with Crippen LogP contribution in [0.5, 0.6) is 0 Å². The zero-order valence-corrected chi connectivity index (χ0v) is 15.5. The Kier molecular flexibility index (Phi) is 6.30. The summed E-state index contributed by atoms with van der Waals surface area (Å²) in [6.07, 6.45) is 4.48. The van der Waals surface area contributed by atoms with Crippen LogP contribution in [0.25, 0.3) is 0 Å². The Hall–Kier alpha value is -2.31. The minimum Gasteiger partial charge on any atom is -0.350 e. The van der Waals surface area contributed by atoms with Crippen LogP contribution in [0.2, 0.25) is 0 Å². The van der Waals surface area contributed by atoms with Crippen molar-refractivity contribution in [3.8, 4) is 0 Å². The number of hydrogen-bond donors (Lipinski definition) is 1. The van der Waals surface area contributed by atoms with Crippen molar-refractivity contribution in [1.82, 2.24) is 4.90 Å². The van der Waals surface area contributed by atoms with E-state index in [1.807, 2.05) is 6.07 Å². The highest BCUT2D eigenvalue weighted by atomic mass is 32.1. The summed E-state index contributed by atoms with van der Waals surface area (Å²) in [4.78, 5) is 13.6. The van der Waals surface area contributed by atoms with Crippen LogP contribution in [0.3, 0.4) is 0 Å². The lowest BCUT2D eigenvalue weighted by Gasteiger charge is -2.35. The molecule has 1 aliphatic heterocycles. The quantitative estimate of drug-likeness (QED) is 0.443. The molecule has 26 heavy (non-hydrogen) atoms. The molecule has 1 fully saturated rings. The van der Waals surface area contributed by atoms with Crippen molar-refractivity contribution in [3.63, 3.8) is 0 Å². The summed E-state index contributed by atoms with van der Waals surface area (Å²) >= 11 is 5.59. The molecular weight excluding hydrogens is 346 g/mol. The van der Waals surface area contributed by atoms with Gasteiger partial charge in [0, 0.05) is 30.3 Å². The second kappa shape index (κ2) is 8.87. The molecule has 1 saturated heterocycles. The van der Waals surface area contributed by atoms with E-state index in [4.69, 9.17) is 12.2 Å². The lowest BCUT2D eigenvalue weighted by molar-refractivity contribution is -0.384. The fraction of sp³-hybridized carbons (Fsp3) is 0.350. The first-order chi connectivity index (χ1) is 12.6. The molecule has 1 atom stereocenters. The van der Waals surface area contributed by atoms with Gasteiger partial charge in [0.25, 0.3) is 5.69 Å². The number of thiocarbonyl (C=S) groups is 1. The topological polar surface area (TPSA) is 58.4 Å². The van der Waals surface area contributed by atoms with Gasteiger partial charge >= 0.3 is 0 Å². The molecule has 0 aromatic heterocycles. The first-order valence-electron chi connectivity index (χ1n) is 8.97. The van der Waals surface area contributed by atoms with Crippen LogP contribution in [0.15, 0.2) is 54.6 Å². The summed E-state index contributed by atoms with van der Waals surface area (Å²) < 4.78 is 0. The van der Waals surface area contributed by atoms with E-state index in [0.717, 1.165) is 30.2 Å². The predicted molar refractivity (Wildman–Crippen MR) is 109 cm³/mol. The van der Waals surface area contributed by atoms with E-state index in [-0.39, 0.29) is 11.7 Å². The van der Waals surface area contributed by atoms with Crippen molar-refractivity contribution in [2.24, 2.45) is 0 Å². The molecule has 5 nitrogen and oxygen atoms in total. The highest BCUT2D eigenvalue weighted by Crippen LogP contribution is 2.28. The molecule has 0 aliphatic carbocycles. The third-order valence-electron chi connectivity index (χ3n) is 4.76. The molecule has 0 saturated carbocycles. The number of nitrogens with zero attached hydrogens (tertiary/aromatic N) is 2. The standard InChI is InChI=1S/C20H23N3O2S/c24-23(25)18-11-9-17(10-12-18)21-20(26)15-19(16-7-3-1-4-8-16)22-13-5-2-6-14-22/h1,3-4,7-12,19H,2,5-6,13-15H2,(H,21,26)/t19-/m0/s1. The molecule has 136 valence electrons. The summed E-state index contributed by atoms with van der Waals surface area (Å²) in [5, 5.41) is 14.0. The summed E-state index contributed by atoms with van der Waals surface area (Å²) in [6, 6.07) is 17.1. The number of nitro groups is 1. The maximum absolute atomic E-state index is 10.8. The van der Waals surface area contributed by atoms with Crippen LogP contribution >= 0.6 is 12.2 Å². The van der Waals surface area contributed by atoms with E-state index in [1.54, 1.807) is 12.1 Å². The molecule has 1 N–H and O–H groups in total. The Balaban J connectivity index is 1.69. The summed E-state index contributed by atoms with van der Waals surface area (Å²) in [7, 11) is 0. The largest absolute Gasteiger partial charge is 0.350 e. The van der Waals surface area contributed by atoms with Gasteiger partial charge in [0.2, 0.25) is 0 Å². The molecule has 2 aromatic rings. The third-order valence-corrected chi connectivity index (χ3v) is 5.03. The zero-order chi connectivity index (χ0) is 18.4. The molecule has 0 spiro atoms. The average Bonchev–Trinajstić information content (AvgIpc) is 2.68. The van der Waals surface area contributed by atoms with Crippen molar-refractivity contribution in [1.29, 1.82) is 0 Å². The van der Waals surface area contributed by atoms with Crippen molar-refractivity contribution in [2.45, 2.75) is 31.7 Å². The number of piperidine rings is 1. The average molecular weight is 369 g/mol. The van der Waals surface area contributed by atoms with Crippen molar-refractivity contribution >= 4 is 28.6 Å². The molecule has 6 heteroatoms. The van der Waals surface area contributed by atoms with E-state index in [9.17, 15) is 10.1 Å². The summed E-state index contributed by atoms with van der Waals surface area (Å²) in [5.41, 5.74) is 2.14. The fourth-order valence-corrected chi connectivity index (χ4v) is 3.69. The van der Waals surface area contributed by atoms with Crippen LogP contribution in [-0.2, 0) is 0 Å². The molecular formula is C20H23N3O2S. The van der Waals surface area contributed by atoms with Gasteiger partial charge in [-0.15, -0.1) is 0 Å². The van der Waals surface area contributed by atoms with E-state index in [0.29, 0.717) is 0 Å². The van der Waals surface area contributed by atoms with Gasteiger partial charge in [0.05, 0.1) is 9.91 Å². The number of anilines is 1. The zero-order valence-electron chi connectivity index (χ0n) is 14.6. The van der Waals surface area contributed by atoms with Gasteiger partial charge in [0.15, 0.2) is 0 Å².